The Morgan fingerprint density at radius 3 is 2.75 bits per heavy atom. The average molecular weight is 339 g/mol. The van der Waals surface area contributed by atoms with Crippen LogP contribution in [0.1, 0.15) is 11.1 Å². The smallest absolute Gasteiger partial charge is 0.271 e. The Labute approximate surface area is 123 Å². The second-order valence-corrected chi connectivity index (χ2v) is 5.26. The topological polar surface area (TPSA) is 55.2 Å². The van der Waals surface area contributed by atoms with E-state index in [1.54, 1.807) is 19.1 Å². The molecule has 0 fully saturated rings. The summed E-state index contributed by atoms with van der Waals surface area (Å²) < 4.78 is 14.0. The normalized spacial score (nSPS) is 10.3. The molecule has 0 aliphatic rings. The molecular formula is C14H12BrFN2O2. The number of nitrogens with one attached hydrogen (secondary N) is 1. The average Bonchev–Trinajstić information content (AvgIpc) is 2.39. The Morgan fingerprint density at radius 1 is 1.30 bits per heavy atom. The molecule has 1 N–H and O–H groups in total. The number of benzene rings is 2. The van der Waals surface area contributed by atoms with Crippen molar-refractivity contribution in [3.8, 4) is 0 Å². The molecule has 0 aliphatic carbocycles. The lowest BCUT2D eigenvalue weighted by atomic mass is 10.1. The molecule has 0 unspecified atom stereocenters. The highest BCUT2D eigenvalue weighted by atomic mass is 79.9. The maximum Gasteiger partial charge on any atom is 0.271 e. The third-order valence-corrected chi connectivity index (χ3v) is 3.54. The summed E-state index contributed by atoms with van der Waals surface area (Å²) in [5.41, 5.74) is 2.20. The SMILES string of the molecule is Cc1cc(NCc2cc(F)ccc2Br)cc([N+](=O)[O-])c1. The van der Waals surface area contributed by atoms with Gasteiger partial charge in [-0.05, 0) is 42.3 Å². The van der Waals surface area contributed by atoms with Crippen molar-refractivity contribution in [2.24, 2.45) is 0 Å². The van der Waals surface area contributed by atoms with Crippen molar-refractivity contribution in [3.63, 3.8) is 0 Å². The summed E-state index contributed by atoms with van der Waals surface area (Å²) in [7, 11) is 0. The van der Waals surface area contributed by atoms with Gasteiger partial charge in [-0.15, -0.1) is 0 Å². The van der Waals surface area contributed by atoms with Crippen LogP contribution in [0.15, 0.2) is 40.9 Å². The lowest BCUT2D eigenvalue weighted by Gasteiger charge is -2.09. The summed E-state index contributed by atoms with van der Waals surface area (Å²) in [6, 6.07) is 9.18. The fourth-order valence-corrected chi connectivity index (χ4v) is 2.23. The van der Waals surface area contributed by atoms with Gasteiger partial charge in [0.1, 0.15) is 5.82 Å². The Balaban J connectivity index is 2.18. The Hall–Kier alpha value is -1.95. The number of anilines is 1. The molecule has 4 nitrogen and oxygen atoms in total. The molecule has 6 heteroatoms. The molecule has 0 bridgehead atoms. The number of halogens is 2. The molecule has 104 valence electrons. The standard InChI is InChI=1S/C14H12BrFN2O2/c1-9-4-12(7-13(5-9)18(19)20)17-8-10-6-11(16)2-3-14(10)15/h2-7,17H,8H2,1H3. The quantitative estimate of drug-likeness (QED) is 0.663. The molecule has 0 atom stereocenters. The van der Waals surface area contributed by atoms with Crippen LogP contribution in [0.2, 0.25) is 0 Å². The van der Waals surface area contributed by atoms with Crippen molar-refractivity contribution in [2.75, 3.05) is 5.32 Å². The minimum atomic E-state index is -0.434. The summed E-state index contributed by atoms with van der Waals surface area (Å²) >= 11 is 3.34. The lowest BCUT2D eigenvalue weighted by molar-refractivity contribution is -0.384. The first-order valence-electron chi connectivity index (χ1n) is 5.89. The lowest BCUT2D eigenvalue weighted by Crippen LogP contribution is -2.02. The zero-order valence-electron chi connectivity index (χ0n) is 10.7. The van der Waals surface area contributed by atoms with Crippen LogP contribution in [0.25, 0.3) is 0 Å². The second kappa shape index (κ2) is 6.00. The van der Waals surface area contributed by atoms with Gasteiger partial charge in [0.15, 0.2) is 0 Å². The first kappa shape index (κ1) is 14.5. The number of aryl methyl sites for hydroxylation is 1. The summed E-state index contributed by atoms with van der Waals surface area (Å²) in [6.45, 7) is 2.16. The number of hydrogen-bond donors (Lipinski definition) is 1. The van der Waals surface area contributed by atoms with Gasteiger partial charge in [-0.1, -0.05) is 15.9 Å². The maximum atomic E-state index is 13.2. The van der Waals surface area contributed by atoms with E-state index < -0.39 is 4.92 Å². The van der Waals surface area contributed by atoms with Crippen LogP contribution in [-0.4, -0.2) is 4.92 Å². The summed E-state index contributed by atoms with van der Waals surface area (Å²) in [6.07, 6.45) is 0. The largest absolute Gasteiger partial charge is 0.381 e. The van der Waals surface area contributed by atoms with Crippen molar-refractivity contribution >= 4 is 27.3 Å². The van der Waals surface area contributed by atoms with E-state index in [-0.39, 0.29) is 11.5 Å². The molecule has 0 aliphatic heterocycles. The highest BCUT2D eigenvalue weighted by Crippen LogP contribution is 2.23. The van der Waals surface area contributed by atoms with Crippen LogP contribution in [-0.2, 0) is 6.54 Å². The van der Waals surface area contributed by atoms with Crippen LogP contribution >= 0.6 is 15.9 Å². The van der Waals surface area contributed by atoms with Gasteiger partial charge in [0.2, 0.25) is 0 Å². The first-order chi connectivity index (χ1) is 9.45. The number of nitrogens with zero attached hydrogens (tertiary/aromatic N) is 1. The summed E-state index contributed by atoms with van der Waals surface area (Å²) in [4.78, 5) is 10.4. The number of nitro groups is 1. The van der Waals surface area contributed by atoms with Crippen LogP contribution in [0.3, 0.4) is 0 Å². The number of non-ortho nitro benzene ring substituents is 1. The number of rotatable bonds is 4. The van der Waals surface area contributed by atoms with E-state index >= 15 is 0 Å². The Kier molecular flexibility index (Phi) is 4.34. The van der Waals surface area contributed by atoms with Gasteiger partial charge in [0, 0.05) is 28.8 Å². The molecule has 0 saturated carbocycles. The molecular weight excluding hydrogens is 327 g/mol. The minimum Gasteiger partial charge on any atom is -0.381 e. The predicted molar refractivity (Wildman–Crippen MR) is 79.3 cm³/mol. The van der Waals surface area contributed by atoms with E-state index in [0.717, 1.165) is 15.6 Å². The van der Waals surface area contributed by atoms with Crippen LogP contribution in [0.5, 0.6) is 0 Å². The van der Waals surface area contributed by atoms with E-state index in [1.807, 2.05) is 0 Å². The van der Waals surface area contributed by atoms with Crippen LogP contribution in [0, 0.1) is 22.9 Å². The molecule has 0 radical (unpaired) electrons. The molecule has 2 aromatic rings. The molecule has 0 saturated heterocycles. The fourth-order valence-electron chi connectivity index (χ4n) is 1.85. The van der Waals surface area contributed by atoms with E-state index in [1.165, 1.54) is 24.3 Å². The third-order valence-electron chi connectivity index (χ3n) is 2.76. The van der Waals surface area contributed by atoms with Gasteiger partial charge in [0.05, 0.1) is 4.92 Å². The van der Waals surface area contributed by atoms with Gasteiger partial charge in [-0.3, -0.25) is 10.1 Å². The molecule has 20 heavy (non-hydrogen) atoms. The fraction of sp³-hybridized carbons (Fsp3) is 0.143. The van der Waals surface area contributed by atoms with E-state index in [4.69, 9.17) is 0 Å². The van der Waals surface area contributed by atoms with Crippen molar-refractivity contribution in [1.29, 1.82) is 0 Å². The minimum absolute atomic E-state index is 0.0332. The van der Waals surface area contributed by atoms with Gasteiger partial charge < -0.3 is 5.32 Å². The molecule has 0 amide bonds. The molecule has 0 heterocycles. The van der Waals surface area contributed by atoms with Crippen LogP contribution < -0.4 is 5.32 Å². The third kappa shape index (κ3) is 3.54. The van der Waals surface area contributed by atoms with Gasteiger partial charge in [-0.2, -0.15) is 0 Å². The van der Waals surface area contributed by atoms with Gasteiger partial charge in [0.25, 0.3) is 5.69 Å². The molecule has 0 spiro atoms. The van der Waals surface area contributed by atoms with Crippen molar-refractivity contribution in [1.82, 2.24) is 0 Å². The monoisotopic (exact) mass is 338 g/mol. The maximum absolute atomic E-state index is 13.2. The van der Waals surface area contributed by atoms with Crippen molar-refractivity contribution in [2.45, 2.75) is 13.5 Å². The number of hydrogen-bond acceptors (Lipinski definition) is 3. The predicted octanol–water partition coefficient (Wildman–Crippen LogP) is 4.42. The van der Waals surface area contributed by atoms with Crippen molar-refractivity contribution in [3.05, 3.63) is 67.9 Å². The van der Waals surface area contributed by atoms with Crippen LogP contribution in [0.4, 0.5) is 15.8 Å². The summed E-state index contributed by atoms with van der Waals surface area (Å²) in [5, 5.41) is 13.9. The van der Waals surface area contributed by atoms with Gasteiger partial charge >= 0.3 is 0 Å². The zero-order valence-corrected chi connectivity index (χ0v) is 12.3. The number of nitro benzene ring substituents is 1. The first-order valence-corrected chi connectivity index (χ1v) is 6.69. The van der Waals surface area contributed by atoms with E-state index in [2.05, 4.69) is 21.2 Å². The Bertz CT molecular complexity index is 662. The van der Waals surface area contributed by atoms with Crippen molar-refractivity contribution < 1.29 is 9.31 Å². The highest BCUT2D eigenvalue weighted by molar-refractivity contribution is 9.10. The zero-order chi connectivity index (χ0) is 14.7. The highest BCUT2D eigenvalue weighted by Gasteiger charge is 2.08. The Morgan fingerprint density at radius 2 is 2.05 bits per heavy atom. The summed E-state index contributed by atoms with van der Waals surface area (Å²) in [5.74, 6) is -0.319. The molecule has 0 aromatic heterocycles. The van der Waals surface area contributed by atoms with E-state index in [9.17, 15) is 14.5 Å². The van der Waals surface area contributed by atoms with E-state index in [0.29, 0.717) is 12.2 Å². The molecule has 2 aromatic carbocycles. The second-order valence-electron chi connectivity index (χ2n) is 4.40. The molecule has 2 rings (SSSR count). The van der Waals surface area contributed by atoms with Gasteiger partial charge in [-0.25, -0.2) is 4.39 Å².